The van der Waals surface area contributed by atoms with Crippen molar-refractivity contribution in [2.75, 3.05) is 13.6 Å². The van der Waals surface area contributed by atoms with Gasteiger partial charge in [0.2, 0.25) is 6.29 Å². The molecule has 0 radical (unpaired) electrons. The quantitative estimate of drug-likeness (QED) is 0.227. The highest BCUT2D eigenvalue weighted by atomic mass is 16.5. The molecule has 0 heterocycles. The lowest BCUT2D eigenvalue weighted by Crippen LogP contribution is -2.17. The van der Waals surface area contributed by atoms with E-state index in [1.54, 1.807) is 17.7 Å². The molecule has 3 heteroatoms. The Kier molecular flexibility index (Phi) is 3.92. The zero-order valence-electron chi connectivity index (χ0n) is 5.49. The first-order valence-corrected chi connectivity index (χ1v) is 2.69. The summed E-state index contributed by atoms with van der Waals surface area (Å²) < 4.78 is 1.64. The van der Waals surface area contributed by atoms with Crippen molar-refractivity contribution in [3.8, 4) is 0 Å². The summed E-state index contributed by atoms with van der Waals surface area (Å²) in [4.78, 5) is 0. The predicted molar refractivity (Wildman–Crippen MR) is 35.5 cm³/mol. The molecule has 0 saturated carbocycles. The molecule has 0 aromatic carbocycles. The van der Waals surface area contributed by atoms with Gasteiger partial charge in [-0.05, 0) is 6.08 Å². The Balaban J connectivity index is 3.68. The van der Waals surface area contributed by atoms with Gasteiger partial charge in [0.25, 0.3) is 0 Å². The molecule has 0 aliphatic rings. The monoisotopic (exact) mass is 130 g/mol. The van der Waals surface area contributed by atoms with E-state index in [-0.39, 0.29) is 0 Å². The molecule has 0 unspecified atom stereocenters. The number of aliphatic hydroxyl groups excluding tert-OH is 1. The minimum absolute atomic E-state index is 0.623. The molecule has 0 aliphatic carbocycles. The maximum Gasteiger partial charge on any atom is 0.231 e. The molecule has 0 rings (SSSR count). The fourth-order valence-corrected chi connectivity index (χ4v) is 0.492. The molecule has 0 spiro atoms. The highest BCUT2D eigenvalue weighted by Crippen LogP contribution is 1.70. The summed E-state index contributed by atoms with van der Waals surface area (Å²) in [5.74, 6) is 0. The van der Waals surface area contributed by atoms with Crippen LogP contribution in [0.15, 0.2) is 12.7 Å². The van der Waals surface area contributed by atoms with Crippen LogP contribution in [0, 0.1) is 0 Å². The summed E-state index contributed by atoms with van der Waals surface area (Å²) in [7, 11) is 1.74. The smallest absolute Gasteiger partial charge is 0.231 e. The number of likely N-dealkylation sites (N-methyl/N-ethyl adjacent to an activating group) is 1. The number of hydrogen-bond donors (Lipinski definition) is 2. The number of aliphatic hydroxyl groups is 2. The van der Waals surface area contributed by atoms with Gasteiger partial charge in [-0.1, -0.05) is 6.58 Å². The highest BCUT2D eigenvalue weighted by molar-refractivity contribution is 5.54. The fourth-order valence-electron chi connectivity index (χ4n) is 0.492. The Morgan fingerprint density at radius 3 is 2.56 bits per heavy atom. The highest BCUT2D eigenvalue weighted by Gasteiger charge is 1.96. The van der Waals surface area contributed by atoms with Gasteiger partial charge >= 0.3 is 0 Å². The van der Waals surface area contributed by atoms with E-state index in [1.807, 2.05) is 0 Å². The van der Waals surface area contributed by atoms with Crippen LogP contribution in [0.2, 0.25) is 0 Å². The first-order valence-electron chi connectivity index (χ1n) is 2.69. The average Bonchev–Trinajstić information content (AvgIpc) is 1.63. The zero-order chi connectivity index (χ0) is 7.28. The summed E-state index contributed by atoms with van der Waals surface area (Å²) in [5.41, 5.74) is 0. The largest absolute Gasteiger partial charge is 0.360 e. The van der Waals surface area contributed by atoms with Crippen molar-refractivity contribution < 1.29 is 14.8 Å². The van der Waals surface area contributed by atoms with Gasteiger partial charge in [-0.3, -0.25) is 0 Å². The van der Waals surface area contributed by atoms with Crippen LogP contribution in [0.25, 0.3) is 0 Å². The lowest BCUT2D eigenvalue weighted by Gasteiger charge is -1.92. The third-order valence-corrected chi connectivity index (χ3v) is 0.805. The van der Waals surface area contributed by atoms with Crippen molar-refractivity contribution >= 4 is 6.21 Å². The van der Waals surface area contributed by atoms with Crippen LogP contribution >= 0.6 is 0 Å². The van der Waals surface area contributed by atoms with Crippen molar-refractivity contribution in [1.82, 2.24) is 0 Å². The second kappa shape index (κ2) is 4.23. The molecule has 0 aromatic rings. The molecule has 2 N–H and O–H groups in total. The molecule has 9 heavy (non-hydrogen) atoms. The molecule has 0 amide bonds. The van der Waals surface area contributed by atoms with Crippen molar-refractivity contribution in [1.29, 1.82) is 0 Å². The lowest BCUT2D eigenvalue weighted by molar-refractivity contribution is -0.485. The van der Waals surface area contributed by atoms with E-state index in [0.717, 1.165) is 0 Å². The Morgan fingerprint density at radius 1 is 1.67 bits per heavy atom. The number of rotatable bonds is 3. The first-order chi connectivity index (χ1) is 4.16. The Labute approximate surface area is 54.6 Å². The molecule has 0 bridgehead atoms. The van der Waals surface area contributed by atoms with Crippen molar-refractivity contribution in [3.63, 3.8) is 0 Å². The minimum Gasteiger partial charge on any atom is -0.360 e. The van der Waals surface area contributed by atoms with E-state index in [0.29, 0.717) is 6.54 Å². The molecular weight excluding hydrogens is 118 g/mol. The third kappa shape index (κ3) is 5.20. The van der Waals surface area contributed by atoms with Gasteiger partial charge in [0.05, 0.1) is 0 Å². The topological polar surface area (TPSA) is 43.5 Å². The van der Waals surface area contributed by atoms with E-state index >= 15 is 0 Å². The SMILES string of the molecule is C=CC[N+](C)=CC(O)O. The van der Waals surface area contributed by atoms with Crippen LogP contribution in [0.1, 0.15) is 0 Å². The van der Waals surface area contributed by atoms with Crippen LogP contribution in [-0.4, -0.2) is 40.9 Å². The summed E-state index contributed by atoms with van der Waals surface area (Å²) >= 11 is 0. The molecule has 0 aliphatic heterocycles. The zero-order valence-corrected chi connectivity index (χ0v) is 5.49. The molecule has 0 aromatic heterocycles. The Morgan fingerprint density at radius 2 is 2.22 bits per heavy atom. The van der Waals surface area contributed by atoms with E-state index in [2.05, 4.69) is 6.58 Å². The van der Waals surface area contributed by atoms with Crippen molar-refractivity contribution in [2.24, 2.45) is 0 Å². The molecule has 52 valence electrons. The maximum atomic E-state index is 8.37. The van der Waals surface area contributed by atoms with Gasteiger partial charge in [-0.15, -0.1) is 0 Å². The van der Waals surface area contributed by atoms with Gasteiger partial charge in [0.1, 0.15) is 7.05 Å². The fraction of sp³-hybridized carbons (Fsp3) is 0.500. The first kappa shape index (κ1) is 8.33. The van der Waals surface area contributed by atoms with Crippen molar-refractivity contribution in [2.45, 2.75) is 6.29 Å². The van der Waals surface area contributed by atoms with Gasteiger partial charge in [0, 0.05) is 0 Å². The van der Waals surface area contributed by atoms with Gasteiger partial charge in [-0.2, -0.15) is 0 Å². The summed E-state index contributed by atoms with van der Waals surface area (Å²) in [6.45, 7) is 4.11. The maximum absolute atomic E-state index is 8.37. The minimum atomic E-state index is -1.37. The Hall–Kier alpha value is -0.670. The summed E-state index contributed by atoms with van der Waals surface area (Å²) in [5, 5.41) is 16.7. The van der Waals surface area contributed by atoms with Gasteiger partial charge in [0.15, 0.2) is 12.8 Å². The molecule has 3 nitrogen and oxygen atoms in total. The normalized spacial score (nSPS) is 12.2. The second-order valence-corrected chi connectivity index (χ2v) is 1.79. The van der Waals surface area contributed by atoms with Crippen LogP contribution < -0.4 is 0 Å². The standard InChI is InChI=1S/C6H12NO2/c1-3-4-7(2)5-6(8)9/h3,5-6,8-9H,1,4H2,2H3/q+1. The molecule has 0 saturated heterocycles. The second-order valence-electron chi connectivity index (χ2n) is 1.79. The Bertz CT molecular complexity index is 118. The lowest BCUT2D eigenvalue weighted by atomic mass is 10.6. The van der Waals surface area contributed by atoms with E-state index in [9.17, 15) is 0 Å². The van der Waals surface area contributed by atoms with E-state index in [1.165, 1.54) is 6.21 Å². The third-order valence-electron chi connectivity index (χ3n) is 0.805. The van der Waals surface area contributed by atoms with Crippen molar-refractivity contribution in [3.05, 3.63) is 12.7 Å². The summed E-state index contributed by atoms with van der Waals surface area (Å²) in [6.07, 6.45) is 1.61. The summed E-state index contributed by atoms with van der Waals surface area (Å²) in [6, 6.07) is 0. The van der Waals surface area contributed by atoms with Crippen LogP contribution in [-0.2, 0) is 0 Å². The predicted octanol–water partition coefficient (Wildman–Crippen LogP) is -0.804. The van der Waals surface area contributed by atoms with Crippen LogP contribution in [0.4, 0.5) is 0 Å². The molecule has 0 fully saturated rings. The van der Waals surface area contributed by atoms with E-state index < -0.39 is 6.29 Å². The van der Waals surface area contributed by atoms with E-state index in [4.69, 9.17) is 10.2 Å². The number of nitrogens with zero attached hydrogens (tertiary/aromatic N) is 1. The van der Waals surface area contributed by atoms with Crippen LogP contribution in [0.5, 0.6) is 0 Å². The molecule has 0 atom stereocenters. The average molecular weight is 130 g/mol. The molecular formula is C6H12NO2+. The van der Waals surface area contributed by atoms with Crippen LogP contribution in [0.3, 0.4) is 0 Å². The van der Waals surface area contributed by atoms with Gasteiger partial charge < -0.3 is 10.2 Å². The number of hydrogen-bond acceptors (Lipinski definition) is 2. The van der Waals surface area contributed by atoms with Gasteiger partial charge in [-0.25, -0.2) is 4.58 Å².